The number of aliphatic hydroxyl groups is 1. The van der Waals surface area contributed by atoms with Gasteiger partial charge >= 0.3 is 0 Å². The molecule has 1 amide bonds. The van der Waals surface area contributed by atoms with Crippen molar-refractivity contribution in [3.63, 3.8) is 0 Å². The summed E-state index contributed by atoms with van der Waals surface area (Å²) in [5.74, 6) is 0.185. The van der Waals surface area contributed by atoms with Gasteiger partial charge in [-0.2, -0.15) is 5.10 Å². The summed E-state index contributed by atoms with van der Waals surface area (Å²) in [5.41, 5.74) is 0.460. The lowest BCUT2D eigenvalue weighted by molar-refractivity contribution is -0.135. The van der Waals surface area contributed by atoms with E-state index in [1.807, 2.05) is 11.1 Å². The van der Waals surface area contributed by atoms with E-state index in [9.17, 15) is 9.90 Å². The molecule has 0 atom stereocenters. The monoisotopic (exact) mass is 306 g/mol. The number of hydrogen-bond acceptors (Lipinski definition) is 4. The van der Waals surface area contributed by atoms with Crippen LogP contribution >= 0.6 is 0 Å². The fourth-order valence-corrected chi connectivity index (χ4v) is 3.51. The van der Waals surface area contributed by atoms with E-state index in [2.05, 4.69) is 15.1 Å². The highest BCUT2D eigenvalue weighted by atomic mass is 16.3. The molecule has 2 aliphatic rings. The summed E-state index contributed by atoms with van der Waals surface area (Å²) in [6.45, 7) is 4.33. The van der Waals surface area contributed by atoms with Crippen LogP contribution in [0, 0.1) is 0 Å². The molecule has 1 aromatic heterocycles. The molecular formula is C16H26N4O2. The third kappa shape index (κ3) is 3.87. The number of likely N-dealkylation sites (tertiary alicyclic amines) is 2. The second-order valence-corrected chi connectivity index (χ2v) is 6.69. The van der Waals surface area contributed by atoms with Gasteiger partial charge in [0.2, 0.25) is 5.91 Å². The zero-order valence-electron chi connectivity index (χ0n) is 13.1. The first kappa shape index (κ1) is 15.5. The summed E-state index contributed by atoms with van der Waals surface area (Å²) >= 11 is 0. The van der Waals surface area contributed by atoms with E-state index in [4.69, 9.17) is 0 Å². The third-order valence-electron chi connectivity index (χ3n) is 4.95. The summed E-state index contributed by atoms with van der Waals surface area (Å²) in [6.07, 6.45) is 8.72. The lowest BCUT2D eigenvalue weighted by atomic mass is 9.90. The van der Waals surface area contributed by atoms with Crippen molar-refractivity contribution in [2.75, 3.05) is 32.7 Å². The summed E-state index contributed by atoms with van der Waals surface area (Å²) in [7, 11) is 0. The van der Waals surface area contributed by atoms with E-state index in [0.717, 1.165) is 31.6 Å². The Morgan fingerprint density at radius 1 is 1.27 bits per heavy atom. The number of aromatic nitrogens is 2. The average molecular weight is 306 g/mol. The second kappa shape index (κ2) is 6.79. The maximum absolute atomic E-state index is 12.3. The normalized spacial score (nSPS) is 22.1. The number of nitrogens with one attached hydrogen (secondary N) is 1. The van der Waals surface area contributed by atoms with Crippen LogP contribution in [-0.4, -0.2) is 69.3 Å². The van der Waals surface area contributed by atoms with Crippen molar-refractivity contribution in [2.45, 2.75) is 44.1 Å². The number of amides is 1. The molecular weight excluding hydrogens is 280 g/mol. The Hall–Kier alpha value is -1.40. The Balaban J connectivity index is 1.43. The minimum absolute atomic E-state index is 0.185. The van der Waals surface area contributed by atoms with Crippen LogP contribution in [0.25, 0.3) is 0 Å². The van der Waals surface area contributed by atoms with Crippen LogP contribution in [0.3, 0.4) is 0 Å². The van der Waals surface area contributed by atoms with E-state index in [-0.39, 0.29) is 5.91 Å². The summed E-state index contributed by atoms with van der Waals surface area (Å²) < 4.78 is 0. The standard InChI is InChI=1S/C16H26N4O2/c21-15(4-3-14-11-17-18-12-14)20-9-5-16(22,6-10-20)13-19-7-1-2-8-19/h11-12,22H,1-10,13H2,(H,17,18). The van der Waals surface area contributed by atoms with Gasteiger partial charge in [0.15, 0.2) is 0 Å². The first-order valence-electron chi connectivity index (χ1n) is 8.35. The van der Waals surface area contributed by atoms with Gasteiger partial charge in [0, 0.05) is 32.3 Å². The molecule has 2 saturated heterocycles. The minimum Gasteiger partial charge on any atom is -0.388 e. The number of aromatic amines is 1. The molecule has 0 bridgehead atoms. The molecule has 6 nitrogen and oxygen atoms in total. The van der Waals surface area contributed by atoms with Gasteiger partial charge in [-0.3, -0.25) is 9.89 Å². The Morgan fingerprint density at radius 3 is 2.64 bits per heavy atom. The SMILES string of the molecule is O=C(CCc1cn[nH]c1)N1CCC(O)(CN2CCCC2)CC1. The quantitative estimate of drug-likeness (QED) is 0.844. The van der Waals surface area contributed by atoms with Gasteiger partial charge in [-0.25, -0.2) is 0 Å². The number of aryl methyl sites for hydroxylation is 1. The first-order valence-corrected chi connectivity index (χ1v) is 8.35. The molecule has 22 heavy (non-hydrogen) atoms. The van der Waals surface area contributed by atoms with E-state index < -0.39 is 5.60 Å². The number of rotatable bonds is 5. The van der Waals surface area contributed by atoms with Crippen molar-refractivity contribution < 1.29 is 9.90 Å². The number of carbonyl (C=O) groups excluding carboxylic acids is 1. The maximum Gasteiger partial charge on any atom is 0.222 e. The number of β-amino-alcohol motifs (C(OH)–C–C–N with tert-alkyl or cyclic N) is 1. The maximum atomic E-state index is 12.3. The minimum atomic E-state index is -0.605. The van der Waals surface area contributed by atoms with Gasteiger partial charge in [-0.05, 0) is 50.8 Å². The molecule has 6 heteroatoms. The van der Waals surface area contributed by atoms with Crippen LogP contribution in [-0.2, 0) is 11.2 Å². The highest BCUT2D eigenvalue weighted by Crippen LogP contribution is 2.25. The van der Waals surface area contributed by atoms with Crippen LogP contribution in [0.1, 0.15) is 37.7 Å². The number of carbonyl (C=O) groups is 1. The predicted octanol–water partition coefficient (Wildman–Crippen LogP) is 0.792. The third-order valence-corrected chi connectivity index (χ3v) is 4.95. The fourth-order valence-electron chi connectivity index (χ4n) is 3.51. The second-order valence-electron chi connectivity index (χ2n) is 6.69. The molecule has 3 heterocycles. The Labute approximate surface area is 131 Å². The number of nitrogens with zero attached hydrogens (tertiary/aromatic N) is 3. The summed E-state index contributed by atoms with van der Waals surface area (Å²) in [6, 6.07) is 0. The van der Waals surface area contributed by atoms with Gasteiger partial charge in [0.25, 0.3) is 0 Å². The van der Waals surface area contributed by atoms with Gasteiger partial charge in [0.05, 0.1) is 11.8 Å². The molecule has 3 rings (SSSR count). The van der Waals surface area contributed by atoms with Gasteiger partial charge in [-0.15, -0.1) is 0 Å². The van der Waals surface area contributed by atoms with Crippen LogP contribution < -0.4 is 0 Å². The Kier molecular flexibility index (Phi) is 4.78. The number of hydrogen-bond donors (Lipinski definition) is 2. The smallest absolute Gasteiger partial charge is 0.222 e. The lowest BCUT2D eigenvalue weighted by Gasteiger charge is -2.40. The van der Waals surface area contributed by atoms with Crippen LogP contribution in [0.5, 0.6) is 0 Å². The van der Waals surface area contributed by atoms with Crippen LogP contribution in [0.4, 0.5) is 0 Å². The molecule has 2 aliphatic heterocycles. The van der Waals surface area contributed by atoms with Crippen molar-refractivity contribution in [1.29, 1.82) is 0 Å². The van der Waals surface area contributed by atoms with Crippen molar-refractivity contribution >= 4 is 5.91 Å². The summed E-state index contributed by atoms with van der Waals surface area (Å²) in [4.78, 5) is 16.5. The molecule has 1 aromatic rings. The van der Waals surface area contributed by atoms with E-state index in [0.29, 0.717) is 32.4 Å². The van der Waals surface area contributed by atoms with Gasteiger partial charge < -0.3 is 14.9 Å². The van der Waals surface area contributed by atoms with E-state index in [1.54, 1.807) is 6.20 Å². The Morgan fingerprint density at radius 2 is 2.00 bits per heavy atom. The van der Waals surface area contributed by atoms with E-state index in [1.165, 1.54) is 12.8 Å². The lowest BCUT2D eigenvalue weighted by Crippen LogP contribution is -2.51. The number of piperidine rings is 1. The average Bonchev–Trinajstić information content (AvgIpc) is 3.18. The van der Waals surface area contributed by atoms with Crippen molar-refractivity contribution in [3.05, 3.63) is 18.0 Å². The van der Waals surface area contributed by atoms with Gasteiger partial charge in [0.1, 0.15) is 0 Å². The molecule has 0 radical (unpaired) electrons. The predicted molar refractivity (Wildman–Crippen MR) is 83.3 cm³/mol. The molecule has 0 unspecified atom stereocenters. The van der Waals surface area contributed by atoms with Crippen molar-refractivity contribution in [3.8, 4) is 0 Å². The molecule has 0 aliphatic carbocycles. The largest absolute Gasteiger partial charge is 0.388 e. The molecule has 122 valence electrons. The summed E-state index contributed by atoms with van der Waals surface area (Å²) in [5, 5.41) is 17.4. The van der Waals surface area contributed by atoms with Crippen LogP contribution in [0.15, 0.2) is 12.4 Å². The van der Waals surface area contributed by atoms with Gasteiger partial charge in [-0.1, -0.05) is 0 Å². The highest BCUT2D eigenvalue weighted by Gasteiger charge is 2.35. The number of H-pyrrole nitrogens is 1. The molecule has 0 spiro atoms. The molecule has 0 aromatic carbocycles. The molecule has 2 N–H and O–H groups in total. The van der Waals surface area contributed by atoms with Crippen LogP contribution in [0.2, 0.25) is 0 Å². The highest BCUT2D eigenvalue weighted by molar-refractivity contribution is 5.76. The van der Waals surface area contributed by atoms with Crippen molar-refractivity contribution in [2.24, 2.45) is 0 Å². The zero-order valence-corrected chi connectivity index (χ0v) is 13.1. The molecule has 0 saturated carbocycles. The molecule has 2 fully saturated rings. The van der Waals surface area contributed by atoms with Crippen molar-refractivity contribution in [1.82, 2.24) is 20.0 Å². The Bertz CT molecular complexity index is 474. The van der Waals surface area contributed by atoms with E-state index >= 15 is 0 Å². The topological polar surface area (TPSA) is 72.5 Å². The first-order chi connectivity index (χ1) is 10.6. The zero-order chi connectivity index (χ0) is 15.4. The fraction of sp³-hybridized carbons (Fsp3) is 0.750.